The van der Waals surface area contributed by atoms with Crippen LogP contribution < -0.4 is 14.2 Å². The van der Waals surface area contributed by atoms with Crippen LogP contribution in [0.5, 0.6) is 17.2 Å². The smallest absolute Gasteiger partial charge is 0.161 e. The maximum atomic E-state index is 12.8. The zero-order chi connectivity index (χ0) is 19.8. The van der Waals surface area contributed by atoms with Crippen LogP contribution in [0.2, 0.25) is 0 Å². The Morgan fingerprint density at radius 2 is 1.86 bits per heavy atom. The highest BCUT2D eigenvalue weighted by atomic mass is 16.5. The molecular formula is C23H20N2O4. The molecule has 146 valence electrons. The number of ether oxygens (including phenoxy) is 3. The lowest BCUT2D eigenvalue weighted by atomic mass is 10.0. The summed E-state index contributed by atoms with van der Waals surface area (Å²) < 4.78 is 18.9. The molecule has 0 radical (unpaired) electrons. The average Bonchev–Trinajstić information content (AvgIpc) is 2.99. The Hall–Kier alpha value is -3.54. The highest BCUT2D eigenvalue weighted by Gasteiger charge is 2.25. The maximum Gasteiger partial charge on any atom is 0.161 e. The van der Waals surface area contributed by atoms with E-state index in [1.165, 1.54) is 0 Å². The van der Waals surface area contributed by atoms with Crippen LogP contribution in [0.1, 0.15) is 17.5 Å². The van der Waals surface area contributed by atoms with Crippen LogP contribution >= 0.6 is 0 Å². The fourth-order valence-corrected chi connectivity index (χ4v) is 3.70. The normalized spacial score (nSPS) is 14.4. The predicted molar refractivity (Wildman–Crippen MR) is 108 cm³/mol. The summed E-state index contributed by atoms with van der Waals surface area (Å²) in [5.74, 6) is 2.75. The van der Waals surface area contributed by atoms with E-state index in [-0.39, 0.29) is 12.3 Å². The average molecular weight is 388 g/mol. The summed E-state index contributed by atoms with van der Waals surface area (Å²) in [6.45, 7) is 5.41. The van der Waals surface area contributed by atoms with E-state index in [1.807, 2.05) is 42.5 Å². The first kappa shape index (κ1) is 17.6. The summed E-state index contributed by atoms with van der Waals surface area (Å²) in [6.07, 6.45) is 2.85. The van der Waals surface area contributed by atoms with Crippen molar-refractivity contribution in [2.24, 2.45) is 0 Å². The molecule has 0 N–H and O–H groups in total. The number of hydrogen-bond acceptors (Lipinski definition) is 5. The van der Waals surface area contributed by atoms with Crippen molar-refractivity contribution < 1.29 is 19.0 Å². The SMILES string of the molecule is C=C1Oc2ccccc2-c2c1cnn2CC(=O)Cc1ccc2c(c1)OCCCO2. The van der Waals surface area contributed by atoms with Gasteiger partial charge in [-0.25, -0.2) is 0 Å². The topological polar surface area (TPSA) is 62.6 Å². The van der Waals surface area contributed by atoms with Crippen molar-refractivity contribution >= 4 is 11.5 Å². The van der Waals surface area contributed by atoms with Crippen LogP contribution in [0.15, 0.2) is 55.2 Å². The van der Waals surface area contributed by atoms with E-state index in [2.05, 4.69) is 11.7 Å². The molecule has 2 aliphatic rings. The summed E-state index contributed by atoms with van der Waals surface area (Å²) in [5, 5.41) is 4.42. The number of Topliss-reactive ketones (excluding diaryl/α,β-unsaturated/α-hetero) is 1. The van der Waals surface area contributed by atoms with Crippen molar-refractivity contribution in [3.05, 3.63) is 66.4 Å². The highest BCUT2D eigenvalue weighted by Crippen LogP contribution is 2.41. The van der Waals surface area contributed by atoms with E-state index in [1.54, 1.807) is 10.9 Å². The summed E-state index contributed by atoms with van der Waals surface area (Å²) in [7, 11) is 0. The number of nitrogens with zero attached hydrogens (tertiary/aromatic N) is 2. The molecule has 6 nitrogen and oxygen atoms in total. The molecule has 6 heteroatoms. The van der Waals surface area contributed by atoms with Gasteiger partial charge in [-0.3, -0.25) is 9.48 Å². The third-order valence-electron chi connectivity index (χ3n) is 5.05. The Kier molecular flexibility index (Phi) is 4.31. The molecular weight excluding hydrogens is 368 g/mol. The van der Waals surface area contributed by atoms with Gasteiger partial charge >= 0.3 is 0 Å². The molecule has 2 aromatic carbocycles. The monoisotopic (exact) mass is 388 g/mol. The van der Waals surface area contributed by atoms with Gasteiger partial charge in [0.15, 0.2) is 17.3 Å². The first-order chi connectivity index (χ1) is 14.2. The lowest BCUT2D eigenvalue weighted by Gasteiger charge is -2.20. The molecule has 0 saturated carbocycles. The molecule has 5 rings (SSSR count). The second-order valence-corrected chi connectivity index (χ2v) is 7.13. The summed E-state index contributed by atoms with van der Waals surface area (Å²) >= 11 is 0. The third kappa shape index (κ3) is 3.27. The van der Waals surface area contributed by atoms with Gasteiger partial charge in [-0.05, 0) is 29.8 Å². The van der Waals surface area contributed by atoms with Crippen molar-refractivity contribution in [3.63, 3.8) is 0 Å². The minimum absolute atomic E-state index is 0.0555. The Labute approximate surface area is 168 Å². The molecule has 29 heavy (non-hydrogen) atoms. The number of rotatable bonds is 4. The molecule has 2 aliphatic heterocycles. The number of carbonyl (C=O) groups is 1. The molecule has 0 amide bonds. The second kappa shape index (κ2) is 7.13. The lowest BCUT2D eigenvalue weighted by molar-refractivity contribution is -0.119. The number of benzene rings is 2. The predicted octanol–water partition coefficient (Wildman–Crippen LogP) is 3.89. The molecule has 0 saturated heterocycles. The summed E-state index contributed by atoms with van der Waals surface area (Å²) in [6, 6.07) is 13.4. The Morgan fingerprint density at radius 3 is 2.76 bits per heavy atom. The van der Waals surface area contributed by atoms with Gasteiger partial charge in [0.2, 0.25) is 0 Å². The third-order valence-corrected chi connectivity index (χ3v) is 5.05. The largest absolute Gasteiger partial charge is 0.490 e. The molecule has 0 aliphatic carbocycles. The minimum atomic E-state index is 0.0555. The van der Waals surface area contributed by atoms with Crippen molar-refractivity contribution in [1.82, 2.24) is 9.78 Å². The van der Waals surface area contributed by atoms with Crippen LogP contribution in [0.3, 0.4) is 0 Å². The number of para-hydroxylation sites is 1. The highest BCUT2D eigenvalue weighted by molar-refractivity contribution is 5.86. The van der Waals surface area contributed by atoms with Gasteiger partial charge in [0.05, 0.1) is 30.7 Å². The van der Waals surface area contributed by atoms with Crippen LogP contribution in [0.4, 0.5) is 0 Å². The van der Waals surface area contributed by atoms with Crippen LogP contribution in [-0.4, -0.2) is 28.8 Å². The van der Waals surface area contributed by atoms with Gasteiger partial charge in [0.1, 0.15) is 18.1 Å². The zero-order valence-electron chi connectivity index (χ0n) is 15.9. The minimum Gasteiger partial charge on any atom is -0.490 e. The number of aromatic nitrogens is 2. The number of fused-ring (bicyclic) bond motifs is 4. The van der Waals surface area contributed by atoms with Crippen molar-refractivity contribution in [2.75, 3.05) is 13.2 Å². The molecule has 0 spiro atoms. The quantitative estimate of drug-likeness (QED) is 0.679. The van der Waals surface area contributed by atoms with Gasteiger partial charge in [0, 0.05) is 18.4 Å². The zero-order valence-corrected chi connectivity index (χ0v) is 15.9. The molecule has 3 heterocycles. The van der Waals surface area contributed by atoms with E-state index in [9.17, 15) is 4.79 Å². The number of carbonyl (C=O) groups excluding carboxylic acids is 1. The van der Waals surface area contributed by atoms with E-state index < -0.39 is 0 Å². The van der Waals surface area contributed by atoms with Gasteiger partial charge in [-0.1, -0.05) is 24.8 Å². The molecule has 0 atom stereocenters. The summed E-state index contributed by atoms with van der Waals surface area (Å²) in [4.78, 5) is 12.8. The fraction of sp³-hybridized carbons (Fsp3) is 0.217. The van der Waals surface area contributed by atoms with Crippen molar-refractivity contribution in [2.45, 2.75) is 19.4 Å². The molecule has 0 unspecified atom stereocenters. The first-order valence-corrected chi connectivity index (χ1v) is 9.61. The van der Waals surface area contributed by atoms with E-state index in [4.69, 9.17) is 14.2 Å². The Morgan fingerprint density at radius 1 is 1.03 bits per heavy atom. The molecule has 1 aromatic heterocycles. The van der Waals surface area contributed by atoms with E-state index >= 15 is 0 Å². The van der Waals surface area contributed by atoms with Crippen LogP contribution in [0, 0.1) is 0 Å². The van der Waals surface area contributed by atoms with Crippen LogP contribution in [-0.2, 0) is 17.8 Å². The fourth-order valence-electron chi connectivity index (χ4n) is 3.70. The standard InChI is InChI=1S/C23H20N2O4/c1-15-19-13-24-25(23(19)18-5-2-3-6-20(18)29-15)14-17(26)11-16-7-8-21-22(12-16)28-10-4-9-27-21/h2-3,5-8,12-13H,1,4,9-11,14H2. The second-order valence-electron chi connectivity index (χ2n) is 7.13. The van der Waals surface area contributed by atoms with Crippen molar-refractivity contribution in [3.8, 4) is 28.5 Å². The van der Waals surface area contributed by atoms with Gasteiger partial charge in [0.25, 0.3) is 0 Å². The van der Waals surface area contributed by atoms with E-state index in [0.717, 1.165) is 40.3 Å². The number of hydrogen-bond donors (Lipinski definition) is 0. The van der Waals surface area contributed by atoms with Gasteiger partial charge in [-0.15, -0.1) is 0 Å². The van der Waals surface area contributed by atoms with Gasteiger partial charge in [-0.2, -0.15) is 5.10 Å². The lowest BCUT2D eigenvalue weighted by Crippen LogP contribution is -2.16. The molecule has 0 fully saturated rings. The van der Waals surface area contributed by atoms with Crippen LogP contribution in [0.25, 0.3) is 17.0 Å². The molecule has 3 aromatic rings. The number of ketones is 1. The molecule has 0 bridgehead atoms. The summed E-state index contributed by atoms with van der Waals surface area (Å²) in [5.41, 5.74) is 3.49. The first-order valence-electron chi connectivity index (χ1n) is 9.61. The Balaban J connectivity index is 1.38. The van der Waals surface area contributed by atoms with Gasteiger partial charge < -0.3 is 14.2 Å². The van der Waals surface area contributed by atoms with E-state index in [0.29, 0.717) is 31.1 Å². The maximum absolute atomic E-state index is 12.8. The Bertz CT molecular complexity index is 1120. The van der Waals surface area contributed by atoms with Crippen molar-refractivity contribution in [1.29, 1.82) is 0 Å².